The van der Waals surface area contributed by atoms with Gasteiger partial charge in [0.1, 0.15) is 17.7 Å². The number of nitrogens with two attached hydrogens (primary N) is 1. The molecule has 1 aromatic carbocycles. The topological polar surface area (TPSA) is 181 Å². The maximum atomic E-state index is 13.6. The number of benzene rings is 1. The number of aliphatic imine (C=N–C) groups is 1. The van der Waals surface area contributed by atoms with Gasteiger partial charge in [-0.05, 0) is 70.3 Å². The number of hydrogen-bond donors (Lipinski definition) is 3. The lowest BCUT2D eigenvalue weighted by Gasteiger charge is -2.35. The fourth-order valence-corrected chi connectivity index (χ4v) is 8.42. The number of ether oxygens (including phenoxy) is 1. The standard InChI is InChI=1S/C37H58N6O7S/c1-36(2,25-37(3,4)50-33(46)28-15-10-7-11-16-28)34(47)40-35(38)42-21-18-27(19-22-42)24-39-31(44)30-17-12-20-43(30)32(45)29(41-51(5,48)49)23-26-13-8-6-9-14-26/h6,8-9,13-14,27-30,41H,7,10-12,15-25H2,1-5H3,(H,39,44)(H2,38,40,47)/t29-,30+/m1/s1. The van der Waals surface area contributed by atoms with Gasteiger partial charge in [0.15, 0.2) is 5.96 Å². The molecule has 2 aliphatic heterocycles. The van der Waals surface area contributed by atoms with Gasteiger partial charge in [0.2, 0.25) is 21.8 Å². The van der Waals surface area contributed by atoms with Crippen molar-refractivity contribution in [3.63, 3.8) is 0 Å². The third kappa shape index (κ3) is 12.0. The predicted octanol–water partition coefficient (Wildman–Crippen LogP) is 3.13. The van der Waals surface area contributed by atoms with E-state index in [1.54, 1.807) is 13.8 Å². The summed E-state index contributed by atoms with van der Waals surface area (Å²) in [5, 5.41) is 3.03. The zero-order valence-electron chi connectivity index (χ0n) is 31.0. The van der Waals surface area contributed by atoms with Crippen LogP contribution in [0.25, 0.3) is 0 Å². The van der Waals surface area contributed by atoms with Gasteiger partial charge in [-0.1, -0.05) is 63.4 Å². The Hall–Kier alpha value is -3.52. The van der Waals surface area contributed by atoms with Crippen LogP contribution in [0.4, 0.5) is 0 Å². The molecule has 3 aliphatic rings. The van der Waals surface area contributed by atoms with E-state index in [0.29, 0.717) is 45.4 Å². The molecule has 0 radical (unpaired) electrons. The van der Waals surface area contributed by atoms with E-state index in [9.17, 15) is 27.6 Å². The third-order valence-electron chi connectivity index (χ3n) is 10.3. The molecule has 4 N–H and O–H groups in total. The van der Waals surface area contributed by atoms with Gasteiger partial charge >= 0.3 is 5.97 Å². The molecule has 0 aromatic heterocycles. The van der Waals surface area contributed by atoms with Crippen LogP contribution in [0, 0.1) is 17.3 Å². The van der Waals surface area contributed by atoms with Crippen molar-refractivity contribution in [1.82, 2.24) is 19.8 Å². The Morgan fingerprint density at radius 2 is 1.59 bits per heavy atom. The minimum Gasteiger partial charge on any atom is -0.459 e. The van der Waals surface area contributed by atoms with Crippen LogP contribution in [0.15, 0.2) is 35.3 Å². The van der Waals surface area contributed by atoms with Crippen LogP contribution >= 0.6 is 0 Å². The van der Waals surface area contributed by atoms with Crippen molar-refractivity contribution in [3.05, 3.63) is 35.9 Å². The van der Waals surface area contributed by atoms with Gasteiger partial charge < -0.3 is 25.6 Å². The lowest BCUT2D eigenvalue weighted by molar-refractivity contribution is -0.166. The van der Waals surface area contributed by atoms with Gasteiger partial charge in [0.25, 0.3) is 5.91 Å². The molecule has 3 fully saturated rings. The minimum absolute atomic E-state index is 0.0717. The van der Waals surface area contributed by atoms with Gasteiger partial charge in [-0.3, -0.25) is 19.2 Å². The maximum absolute atomic E-state index is 13.6. The first-order valence-electron chi connectivity index (χ1n) is 18.4. The smallest absolute Gasteiger partial charge is 0.309 e. The van der Waals surface area contributed by atoms with Crippen molar-refractivity contribution < 1.29 is 32.3 Å². The number of nitrogens with zero attached hydrogens (tertiary/aromatic N) is 3. The number of rotatable bonds is 13. The molecule has 284 valence electrons. The van der Waals surface area contributed by atoms with Crippen molar-refractivity contribution in [2.45, 2.75) is 116 Å². The first-order chi connectivity index (χ1) is 23.9. The molecule has 1 aliphatic carbocycles. The molecule has 1 saturated carbocycles. The number of hydrogen-bond acceptors (Lipinski definition) is 7. The summed E-state index contributed by atoms with van der Waals surface area (Å²) in [4.78, 5) is 60.6. The number of carbonyl (C=O) groups excluding carboxylic acids is 4. The Morgan fingerprint density at radius 3 is 2.22 bits per heavy atom. The summed E-state index contributed by atoms with van der Waals surface area (Å²) in [6.07, 6.45) is 9.04. The molecule has 4 rings (SSSR count). The molecule has 51 heavy (non-hydrogen) atoms. The number of amides is 3. The first-order valence-corrected chi connectivity index (χ1v) is 20.3. The van der Waals surface area contributed by atoms with Gasteiger partial charge in [-0.2, -0.15) is 4.99 Å². The summed E-state index contributed by atoms with van der Waals surface area (Å²) in [7, 11) is -3.68. The molecule has 3 amide bonds. The van der Waals surface area contributed by atoms with Crippen molar-refractivity contribution in [3.8, 4) is 0 Å². The van der Waals surface area contributed by atoms with Crippen molar-refractivity contribution in [2.75, 3.05) is 32.4 Å². The van der Waals surface area contributed by atoms with E-state index in [1.165, 1.54) is 4.90 Å². The van der Waals surface area contributed by atoms with Crippen LogP contribution < -0.4 is 15.8 Å². The number of esters is 1. The van der Waals surface area contributed by atoms with E-state index in [2.05, 4.69) is 15.0 Å². The second-order valence-corrected chi connectivity index (χ2v) is 17.6. The van der Waals surface area contributed by atoms with Crippen LogP contribution in [0.2, 0.25) is 0 Å². The van der Waals surface area contributed by atoms with Crippen molar-refractivity contribution in [1.29, 1.82) is 0 Å². The number of sulfonamides is 1. The third-order valence-corrected chi connectivity index (χ3v) is 11.0. The molecule has 2 saturated heterocycles. The monoisotopic (exact) mass is 730 g/mol. The van der Waals surface area contributed by atoms with Crippen LogP contribution in [0.3, 0.4) is 0 Å². The molecule has 2 heterocycles. The molecule has 0 bridgehead atoms. The summed E-state index contributed by atoms with van der Waals surface area (Å²) in [5.74, 6) is -0.960. The molecule has 14 heteroatoms. The Labute approximate surface area is 303 Å². The Morgan fingerprint density at radius 1 is 0.941 bits per heavy atom. The highest BCUT2D eigenvalue weighted by atomic mass is 32.2. The zero-order valence-corrected chi connectivity index (χ0v) is 31.8. The number of likely N-dealkylation sites (tertiary alicyclic amines) is 2. The van der Waals surface area contributed by atoms with E-state index < -0.39 is 39.0 Å². The molecular formula is C37H58N6O7S. The van der Waals surface area contributed by atoms with Crippen LogP contribution in [0.5, 0.6) is 0 Å². The first kappa shape index (κ1) is 40.3. The molecule has 1 aromatic rings. The van der Waals surface area contributed by atoms with Gasteiger partial charge in [0, 0.05) is 38.0 Å². The summed E-state index contributed by atoms with van der Waals surface area (Å²) < 4.78 is 32.6. The fourth-order valence-electron chi connectivity index (χ4n) is 7.72. The van der Waals surface area contributed by atoms with Crippen LogP contribution in [-0.2, 0) is 40.4 Å². The highest BCUT2D eigenvalue weighted by Crippen LogP contribution is 2.34. The van der Waals surface area contributed by atoms with E-state index in [4.69, 9.17) is 10.5 Å². The van der Waals surface area contributed by atoms with Crippen molar-refractivity contribution >= 4 is 39.7 Å². The SMILES string of the molecule is CC(C)(CC(C)(C)C(=O)/N=C(/N)N1CCC(CNC(=O)[C@@H]2CCCN2C(=O)[C@@H](Cc2ccccc2)NS(C)(=O)=O)CC1)OC(=O)C1CCCCC1. The average molecular weight is 731 g/mol. The van der Waals surface area contributed by atoms with Crippen molar-refractivity contribution in [2.24, 2.45) is 28.0 Å². The lowest BCUT2D eigenvalue weighted by Crippen LogP contribution is -2.54. The second-order valence-electron chi connectivity index (χ2n) is 15.8. The van der Waals surface area contributed by atoms with E-state index in [0.717, 1.165) is 56.8 Å². The summed E-state index contributed by atoms with van der Waals surface area (Å²) >= 11 is 0. The van der Waals surface area contributed by atoms with E-state index in [1.807, 2.05) is 49.1 Å². The predicted molar refractivity (Wildman–Crippen MR) is 196 cm³/mol. The largest absolute Gasteiger partial charge is 0.459 e. The Bertz CT molecular complexity index is 1520. The number of piperidine rings is 1. The Kier molecular flexibility index (Phi) is 13.7. The van der Waals surface area contributed by atoms with E-state index in [-0.39, 0.29) is 42.0 Å². The summed E-state index contributed by atoms with van der Waals surface area (Å²) in [6, 6.07) is 7.50. The second kappa shape index (κ2) is 17.3. The molecular weight excluding hydrogens is 673 g/mol. The van der Waals surface area contributed by atoms with E-state index >= 15 is 0 Å². The molecule has 2 atom stereocenters. The number of carbonyl (C=O) groups is 4. The molecule has 0 unspecified atom stereocenters. The quantitative estimate of drug-likeness (QED) is 0.156. The summed E-state index contributed by atoms with van der Waals surface area (Å²) in [5.41, 5.74) is 5.39. The molecule has 0 spiro atoms. The minimum atomic E-state index is -3.68. The highest BCUT2D eigenvalue weighted by Gasteiger charge is 2.40. The molecule has 13 nitrogen and oxygen atoms in total. The summed E-state index contributed by atoms with van der Waals surface area (Å²) in [6.45, 7) is 9.20. The zero-order chi connectivity index (χ0) is 37.4. The van der Waals surface area contributed by atoms with Crippen LogP contribution in [-0.4, -0.2) is 98.0 Å². The highest BCUT2D eigenvalue weighted by molar-refractivity contribution is 7.88. The average Bonchev–Trinajstić information content (AvgIpc) is 3.56. The lowest BCUT2D eigenvalue weighted by atomic mass is 9.80. The fraction of sp³-hybridized carbons (Fsp3) is 0.703. The number of nitrogens with one attached hydrogen (secondary N) is 2. The van der Waals surface area contributed by atoms with Crippen LogP contribution in [0.1, 0.15) is 97.5 Å². The van der Waals surface area contributed by atoms with Gasteiger partial charge in [-0.15, -0.1) is 0 Å². The maximum Gasteiger partial charge on any atom is 0.309 e. The number of guanidine groups is 1. The Balaban J connectivity index is 1.25. The normalized spacial score (nSPS) is 20.6. The van der Waals surface area contributed by atoms with Gasteiger partial charge in [-0.25, -0.2) is 13.1 Å². The van der Waals surface area contributed by atoms with Gasteiger partial charge in [0.05, 0.1) is 12.2 Å².